The summed E-state index contributed by atoms with van der Waals surface area (Å²) in [6.07, 6.45) is 1.80. The molecule has 2 aromatic heterocycles. The largest absolute Gasteiger partial charge is 0.310 e. The highest BCUT2D eigenvalue weighted by molar-refractivity contribution is 9.10. The summed E-state index contributed by atoms with van der Waals surface area (Å²) in [5.74, 6) is 0. The smallest absolute Gasteiger partial charge is 0.265 e. The van der Waals surface area contributed by atoms with Crippen LogP contribution >= 0.6 is 27.3 Å². The standard InChI is InChI=1S/C10H8BrNOS/c11-9-2-1-4-12(10(9)13)6-8-3-5-14-7-8/h1-5,7H,6H2. The molecule has 0 aliphatic carbocycles. The van der Waals surface area contributed by atoms with Crippen LogP contribution in [0.5, 0.6) is 0 Å². The van der Waals surface area contributed by atoms with Gasteiger partial charge in [0.25, 0.3) is 5.56 Å². The highest BCUT2D eigenvalue weighted by Crippen LogP contribution is 2.08. The van der Waals surface area contributed by atoms with Crippen LogP contribution in [-0.4, -0.2) is 4.57 Å². The lowest BCUT2D eigenvalue weighted by Crippen LogP contribution is -2.19. The van der Waals surface area contributed by atoms with Crippen LogP contribution in [0.15, 0.2) is 44.4 Å². The van der Waals surface area contributed by atoms with E-state index in [2.05, 4.69) is 15.9 Å². The molecule has 14 heavy (non-hydrogen) atoms. The summed E-state index contributed by atoms with van der Waals surface area (Å²) in [6, 6.07) is 5.64. The SMILES string of the molecule is O=c1c(Br)cccn1Cc1ccsc1. The van der Waals surface area contributed by atoms with Crippen molar-refractivity contribution in [2.75, 3.05) is 0 Å². The Labute approximate surface area is 94.0 Å². The maximum Gasteiger partial charge on any atom is 0.265 e. The summed E-state index contributed by atoms with van der Waals surface area (Å²) >= 11 is 4.86. The number of nitrogens with zero attached hydrogens (tertiary/aromatic N) is 1. The lowest BCUT2D eigenvalue weighted by atomic mass is 10.3. The zero-order valence-electron chi connectivity index (χ0n) is 7.31. The van der Waals surface area contributed by atoms with Crippen LogP contribution in [0, 0.1) is 0 Å². The number of rotatable bonds is 2. The van der Waals surface area contributed by atoms with Crippen molar-refractivity contribution < 1.29 is 0 Å². The van der Waals surface area contributed by atoms with Crippen molar-refractivity contribution in [3.63, 3.8) is 0 Å². The van der Waals surface area contributed by atoms with E-state index in [1.54, 1.807) is 28.2 Å². The Kier molecular flexibility index (Phi) is 2.84. The molecule has 2 aromatic rings. The molecule has 0 aliphatic rings. The number of hydrogen-bond donors (Lipinski definition) is 0. The van der Waals surface area contributed by atoms with E-state index in [-0.39, 0.29) is 5.56 Å². The van der Waals surface area contributed by atoms with E-state index in [0.717, 1.165) is 5.56 Å². The quantitative estimate of drug-likeness (QED) is 0.822. The minimum Gasteiger partial charge on any atom is -0.310 e. The molecular weight excluding hydrogens is 262 g/mol. The van der Waals surface area contributed by atoms with E-state index in [4.69, 9.17) is 0 Å². The molecule has 0 radical (unpaired) electrons. The van der Waals surface area contributed by atoms with Crippen molar-refractivity contribution in [1.29, 1.82) is 0 Å². The first-order valence-electron chi connectivity index (χ1n) is 4.13. The van der Waals surface area contributed by atoms with Crippen molar-refractivity contribution in [1.82, 2.24) is 4.57 Å². The van der Waals surface area contributed by atoms with Gasteiger partial charge in [0.15, 0.2) is 0 Å². The van der Waals surface area contributed by atoms with Gasteiger partial charge in [0.1, 0.15) is 0 Å². The zero-order chi connectivity index (χ0) is 9.97. The van der Waals surface area contributed by atoms with Gasteiger partial charge in [-0.2, -0.15) is 11.3 Å². The Bertz CT molecular complexity index is 475. The predicted molar refractivity (Wildman–Crippen MR) is 61.8 cm³/mol. The second-order valence-corrected chi connectivity index (χ2v) is 4.56. The average molecular weight is 270 g/mol. The maximum absolute atomic E-state index is 11.6. The van der Waals surface area contributed by atoms with Gasteiger partial charge >= 0.3 is 0 Å². The van der Waals surface area contributed by atoms with Crippen LogP contribution in [0.4, 0.5) is 0 Å². The molecule has 0 unspecified atom stereocenters. The number of pyridine rings is 1. The van der Waals surface area contributed by atoms with Gasteiger partial charge in [0.05, 0.1) is 11.0 Å². The van der Waals surface area contributed by atoms with Crippen LogP contribution in [0.25, 0.3) is 0 Å². The molecule has 2 nitrogen and oxygen atoms in total. The van der Waals surface area contributed by atoms with Gasteiger partial charge in [0.2, 0.25) is 0 Å². The van der Waals surface area contributed by atoms with Crippen LogP contribution in [0.1, 0.15) is 5.56 Å². The Morgan fingerprint density at radius 3 is 3.00 bits per heavy atom. The van der Waals surface area contributed by atoms with Crippen LogP contribution in [-0.2, 0) is 6.54 Å². The first kappa shape index (κ1) is 9.68. The Hall–Kier alpha value is -0.870. The van der Waals surface area contributed by atoms with E-state index in [0.29, 0.717) is 11.0 Å². The third-order valence-electron chi connectivity index (χ3n) is 1.91. The van der Waals surface area contributed by atoms with Gasteiger partial charge in [-0.3, -0.25) is 4.79 Å². The number of aromatic nitrogens is 1. The normalized spacial score (nSPS) is 10.4. The van der Waals surface area contributed by atoms with Gasteiger partial charge in [-0.25, -0.2) is 0 Å². The van der Waals surface area contributed by atoms with Gasteiger partial charge < -0.3 is 4.57 Å². The van der Waals surface area contributed by atoms with Gasteiger partial charge in [-0.1, -0.05) is 0 Å². The van der Waals surface area contributed by atoms with Crippen molar-refractivity contribution in [2.45, 2.75) is 6.54 Å². The molecule has 2 heterocycles. The molecule has 72 valence electrons. The van der Waals surface area contributed by atoms with Gasteiger partial charge in [-0.15, -0.1) is 0 Å². The number of halogens is 1. The fraction of sp³-hybridized carbons (Fsp3) is 0.100. The van der Waals surface area contributed by atoms with Crippen molar-refractivity contribution in [2.24, 2.45) is 0 Å². The average Bonchev–Trinajstić information content (AvgIpc) is 2.66. The molecule has 0 bridgehead atoms. The molecule has 0 aliphatic heterocycles. The zero-order valence-corrected chi connectivity index (χ0v) is 9.72. The lowest BCUT2D eigenvalue weighted by molar-refractivity contribution is 0.757. The van der Waals surface area contributed by atoms with Gasteiger partial charge in [0, 0.05) is 6.20 Å². The fourth-order valence-corrected chi connectivity index (χ4v) is 2.25. The third-order valence-corrected chi connectivity index (χ3v) is 3.24. The number of hydrogen-bond acceptors (Lipinski definition) is 2. The molecule has 0 atom stereocenters. The van der Waals surface area contributed by atoms with Gasteiger partial charge in [-0.05, 0) is 50.5 Å². The predicted octanol–water partition coefficient (Wildman–Crippen LogP) is 2.72. The molecule has 0 N–H and O–H groups in total. The summed E-state index contributed by atoms with van der Waals surface area (Å²) in [6.45, 7) is 0.641. The number of thiophene rings is 1. The summed E-state index contributed by atoms with van der Waals surface area (Å²) in [7, 11) is 0. The van der Waals surface area contributed by atoms with E-state index >= 15 is 0 Å². The molecule has 0 fully saturated rings. The molecule has 0 saturated heterocycles. The van der Waals surface area contributed by atoms with Crippen LogP contribution in [0.3, 0.4) is 0 Å². The third kappa shape index (κ3) is 1.96. The molecule has 0 aromatic carbocycles. The molecule has 2 rings (SSSR count). The second kappa shape index (κ2) is 4.11. The Morgan fingerprint density at radius 2 is 2.29 bits per heavy atom. The van der Waals surface area contributed by atoms with E-state index in [9.17, 15) is 4.79 Å². The summed E-state index contributed by atoms with van der Waals surface area (Å²) in [4.78, 5) is 11.6. The minimum absolute atomic E-state index is 0.0127. The topological polar surface area (TPSA) is 22.0 Å². The Balaban J connectivity index is 2.34. The second-order valence-electron chi connectivity index (χ2n) is 2.92. The van der Waals surface area contributed by atoms with Crippen molar-refractivity contribution >= 4 is 27.3 Å². The molecule has 0 saturated carbocycles. The first-order valence-corrected chi connectivity index (χ1v) is 5.87. The van der Waals surface area contributed by atoms with E-state index in [1.807, 2.05) is 22.9 Å². The van der Waals surface area contributed by atoms with E-state index < -0.39 is 0 Å². The highest BCUT2D eigenvalue weighted by atomic mass is 79.9. The van der Waals surface area contributed by atoms with E-state index in [1.165, 1.54) is 0 Å². The summed E-state index contributed by atoms with van der Waals surface area (Å²) in [5, 5.41) is 4.06. The highest BCUT2D eigenvalue weighted by Gasteiger charge is 2.00. The van der Waals surface area contributed by atoms with Crippen molar-refractivity contribution in [3.8, 4) is 0 Å². The monoisotopic (exact) mass is 269 g/mol. The lowest BCUT2D eigenvalue weighted by Gasteiger charge is -2.03. The molecular formula is C10H8BrNOS. The summed E-state index contributed by atoms with van der Waals surface area (Å²) in [5.41, 5.74) is 1.17. The Morgan fingerprint density at radius 1 is 1.43 bits per heavy atom. The first-order chi connectivity index (χ1) is 6.77. The molecule has 0 spiro atoms. The van der Waals surface area contributed by atoms with Crippen molar-refractivity contribution in [3.05, 3.63) is 55.5 Å². The molecule has 4 heteroatoms. The molecule has 0 amide bonds. The maximum atomic E-state index is 11.6. The summed E-state index contributed by atoms with van der Waals surface area (Å²) < 4.78 is 2.29. The van der Waals surface area contributed by atoms with Crippen LogP contribution in [0.2, 0.25) is 0 Å². The van der Waals surface area contributed by atoms with Crippen LogP contribution < -0.4 is 5.56 Å². The fourth-order valence-electron chi connectivity index (χ4n) is 1.21. The minimum atomic E-state index is 0.0127.